The molecule has 0 aliphatic carbocycles. The van der Waals surface area contributed by atoms with Crippen LogP contribution in [0.25, 0.3) is 0 Å². The molecule has 0 radical (unpaired) electrons. The van der Waals surface area contributed by atoms with E-state index in [4.69, 9.17) is 4.74 Å². The average molecular weight is 368 g/mol. The number of sulfonamides is 1. The number of ether oxygens (including phenoxy) is 1. The molecule has 1 aromatic heterocycles. The molecular formula is C16H20N2O4S2. The first-order valence-electron chi connectivity index (χ1n) is 7.39. The van der Waals surface area contributed by atoms with E-state index in [1.165, 1.54) is 6.07 Å². The summed E-state index contributed by atoms with van der Waals surface area (Å²) in [6.45, 7) is 5.24. The third-order valence-corrected chi connectivity index (χ3v) is 5.82. The van der Waals surface area contributed by atoms with Crippen molar-refractivity contribution in [1.29, 1.82) is 0 Å². The molecule has 130 valence electrons. The smallest absolute Gasteiger partial charge is 0.250 e. The van der Waals surface area contributed by atoms with Crippen molar-refractivity contribution in [2.75, 3.05) is 11.9 Å². The molecule has 1 aromatic carbocycles. The molecule has 0 bridgehead atoms. The number of carbonyl (C=O) groups excluding carboxylic acids is 1. The fraction of sp³-hybridized carbons (Fsp3) is 0.312. The standard InChI is InChI=1S/C16H20N2O4S2/c1-11(2)22-14-7-5-4-6-13(14)18-15(19)10-17-24(20,21)16-9-8-12(3)23-16/h4-9,11,17H,10H2,1-3H3,(H,18,19). The molecule has 0 spiro atoms. The molecule has 1 amide bonds. The van der Waals surface area contributed by atoms with Crippen LogP contribution in [0.1, 0.15) is 18.7 Å². The van der Waals surface area contributed by atoms with Crippen LogP contribution in [0.2, 0.25) is 0 Å². The van der Waals surface area contributed by atoms with Gasteiger partial charge in [-0.2, -0.15) is 0 Å². The monoisotopic (exact) mass is 368 g/mol. The van der Waals surface area contributed by atoms with Gasteiger partial charge in [0.25, 0.3) is 10.0 Å². The van der Waals surface area contributed by atoms with E-state index < -0.39 is 15.9 Å². The largest absolute Gasteiger partial charge is 0.489 e. The number of benzene rings is 1. The van der Waals surface area contributed by atoms with Gasteiger partial charge in [0.1, 0.15) is 9.96 Å². The van der Waals surface area contributed by atoms with Gasteiger partial charge in [0.05, 0.1) is 18.3 Å². The highest BCUT2D eigenvalue weighted by molar-refractivity contribution is 7.91. The molecule has 0 saturated carbocycles. The number of amides is 1. The van der Waals surface area contributed by atoms with Gasteiger partial charge in [0.15, 0.2) is 0 Å². The highest BCUT2D eigenvalue weighted by Gasteiger charge is 2.18. The molecule has 0 aliphatic heterocycles. The molecule has 8 heteroatoms. The summed E-state index contributed by atoms with van der Waals surface area (Å²) in [6, 6.07) is 10.3. The maximum atomic E-state index is 12.1. The fourth-order valence-electron chi connectivity index (χ4n) is 1.91. The minimum atomic E-state index is -3.68. The number of thiophene rings is 1. The Bertz CT molecular complexity index is 813. The van der Waals surface area contributed by atoms with Crippen LogP contribution < -0.4 is 14.8 Å². The second-order valence-corrected chi connectivity index (χ2v) is 8.68. The van der Waals surface area contributed by atoms with E-state index in [0.717, 1.165) is 16.2 Å². The topological polar surface area (TPSA) is 84.5 Å². The molecule has 1 heterocycles. The molecule has 0 fully saturated rings. The second-order valence-electron chi connectivity index (χ2n) is 5.40. The Labute approximate surface area is 145 Å². The number of hydrogen-bond donors (Lipinski definition) is 2. The lowest BCUT2D eigenvalue weighted by atomic mass is 10.3. The van der Waals surface area contributed by atoms with Gasteiger partial charge >= 0.3 is 0 Å². The van der Waals surface area contributed by atoms with E-state index in [2.05, 4.69) is 10.0 Å². The lowest BCUT2D eigenvalue weighted by Gasteiger charge is -2.14. The van der Waals surface area contributed by atoms with Gasteiger partial charge in [0, 0.05) is 4.88 Å². The minimum absolute atomic E-state index is 0.0383. The predicted octanol–water partition coefficient (Wildman–Crippen LogP) is 2.76. The van der Waals surface area contributed by atoms with Crippen LogP contribution in [-0.2, 0) is 14.8 Å². The maximum absolute atomic E-state index is 12.1. The molecule has 0 saturated heterocycles. The van der Waals surface area contributed by atoms with Crippen molar-refractivity contribution >= 4 is 33.0 Å². The molecule has 24 heavy (non-hydrogen) atoms. The number of para-hydroxylation sites is 2. The van der Waals surface area contributed by atoms with Crippen molar-refractivity contribution < 1.29 is 17.9 Å². The molecule has 6 nitrogen and oxygen atoms in total. The quantitative estimate of drug-likeness (QED) is 0.787. The second kappa shape index (κ2) is 7.78. The molecule has 0 atom stereocenters. The number of rotatable bonds is 7. The summed E-state index contributed by atoms with van der Waals surface area (Å²) in [5.41, 5.74) is 0.502. The Kier molecular flexibility index (Phi) is 5.98. The highest BCUT2D eigenvalue weighted by Crippen LogP contribution is 2.25. The first kappa shape index (κ1) is 18.4. The molecule has 0 unspecified atom stereocenters. The Morgan fingerprint density at radius 2 is 1.92 bits per heavy atom. The zero-order chi connectivity index (χ0) is 17.7. The van der Waals surface area contributed by atoms with E-state index >= 15 is 0 Å². The van der Waals surface area contributed by atoms with Crippen LogP contribution in [0.15, 0.2) is 40.6 Å². The van der Waals surface area contributed by atoms with Gasteiger partial charge in [-0.15, -0.1) is 11.3 Å². The van der Waals surface area contributed by atoms with Crippen LogP contribution in [0.4, 0.5) is 5.69 Å². The summed E-state index contributed by atoms with van der Waals surface area (Å²) >= 11 is 1.16. The van der Waals surface area contributed by atoms with Crippen molar-refractivity contribution in [1.82, 2.24) is 4.72 Å². The number of carbonyl (C=O) groups is 1. The minimum Gasteiger partial charge on any atom is -0.489 e. The Balaban J connectivity index is 1.99. The summed E-state index contributed by atoms with van der Waals surface area (Å²) < 4.78 is 32.3. The normalized spacial score (nSPS) is 11.5. The van der Waals surface area contributed by atoms with E-state index in [9.17, 15) is 13.2 Å². The van der Waals surface area contributed by atoms with Crippen LogP contribution in [0.3, 0.4) is 0 Å². The fourth-order valence-corrected chi connectivity index (χ4v) is 4.22. The van der Waals surface area contributed by atoms with Gasteiger partial charge in [-0.25, -0.2) is 13.1 Å². The van der Waals surface area contributed by atoms with E-state index in [-0.39, 0.29) is 16.9 Å². The zero-order valence-electron chi connectivity index (χ0n) is 13.7. The van der Waals surface area contributed by atoms with E-state index in [1.54, 1.807) is 30.3 Å². The summed E-state index contributed by atoms with van der Waals surface area (Å²) in [5, 5.41) is 2.66. The number of hydrogen-bond acceptors (Lipinski definition) is 5. The van der Waals surface area contributed by atoms with Crippen molar-refractivity contribution in [3.63, 3.8) is 0 Å². The Morgan fingerprint density at radius 3 is 2.54 bits per heavy atom. The van der Waals surface area contributed by atoms with Gasteiger partial charge in [-0.1, -0.05) is 12.1 Å². The third kappa shape index (κ3) is 5.05. The van der Waals surface area contributed by atoms with E-state index in [0.29, 0.717) is 11.4 Å². The summed E-state index contributed by atoms with van der Waals surface area (Å²) in [7, 11) is -3.68. The molecular weight excluding hydrogens is 348 g/mol. The first-order valence-corrected chi connectivity index (χ1v) is 9.69. The summed E-state index contributed by atoms with van der Waals surface area (Å²) in [5.74, 6) is 0.0734. The van der Waals surface area contributed by atoms with Gasteiger partial charge < -0.3 is 10.1 Å². The van der Waals surface area contributed by atoms with Gasteiger partial charge in [-0.05, 0) is 45.0 Å². The predicted molar refractivity (Wildman–Crippen MR) is 95.1 cm³/mol. The van der Waals surface area contributed by atoms with Crippen LogP contribution in [-0.4, -0.2) is 27.0 Å². The van der Waals surface area contributed by atoms with Crippen LogP contribution in [0, 0.1) is 6.92 Å². The molecule has 2 rings (SSSR count). The first-order chi connectivity index (χ1) is 11.3. The maximum Gasteiger partial charge on any atom is 0.250 e. The van der Waals surface area contributed by atoms with Crippen LogP contribution in [0.5, 0.6) is 5.75 Å². The molecule has 2 aromatic rings. The van der Waals surface area contributed by atoms with Gasteiger partial charge in [-0.3, -0.25) is 4.79 Å². The van der Waals surface area contributed by atoms with Crippen LogP contribution >= 0.6 is 11.3 Å². The van der Waals surface area contributed by atoms with Crippen molar-refractivity contribution in [3.8, 4) is 5.75 Å². The summed E-state index contributed by atoms with van der Waals surface area (Å²) in [4.78, 5) is 12.9. The van der Waals surface area contributed by atoms with Crippen molar-refractivity contribution in [3.05, 3.63) is 41.3 Å². The Hall–Kier alpha value is -1.90. The summed E-state index contributed by atoms with van der Waals surface area (Å²) in [6.07, 6.45) is -0.0383. The lowest BCUT2D eigenvalue weighted by Crippen LogP contribution is -2.32. The molecule has 0 aliphatic rings. The average Bonchev–Trinajstić information content (AvgIpc) is 2.94. The number of anilines is 1. The third-order valence-electron chi connectivity index (χ3n) is 2.93. The molecule has 2 N–H and O–H groups in total. The SMILES string of the molecule is Cc1ccc(S(=O)(=O)NCC(=O)Nc2ccccc2OC(C)C)s1. The van der Waals surface area contributed by atoms with Gasteiger partial charge in [0.2, 0.25) is 5.91 Å². The van der Waals surface area contributed by atoms with Crippen molar-refractivity contribution in [2.24, 2.45) is 0 Å². The highest BCUT2D eigenvalue weighted by atomic mass is 32.2. The number of nitrogens with one attached hydrogen (secondary N) is 2. The zero-order valence-corrected chi connectivity index (χ0v) is 15.3. The number of aryl methyl sites for hydroxylation is 1. The van der Waals surface area contributed by atoms with E-state index in [1.807, 2.05) is 20.8 Å². The van der Waals surface area contributed by atoms with Crippen molar-refractivity contribution in [2.45, 2.75) is 31.1 Å². The Morgan fingerprint density at radius 1 is 1.21 bits per heavy atom. The lowest BCUT2D eigenvalue weighted by molar-refractivity contribution is -0.115.